The Morgan fingerprint density at radius 2 is 2.23 bits per heavy atom. The van der Waals surface area contributed by atoms with Crippen molar-refractivity contribution in [1.82, 2.24) is 9.97 Å². The van der Waals surface area contributed by atoms with Crippen LogP contribution >= 0.6 is 11.6 Å². The molecule has 0 bridgehead atoms. The Labute approximate surface area is 82.0 Å². The van der Waals surface area contributed by atoms with E-state index in [2.05, 4.69) is 15.3 Å². The fourth-order valence-corrected chi connectivity index (χ4v) is 0.935. The van der Waals surface area contributed by atoms with Gasteiger partial charge in [0.15, 0.2) is 0 Å². The van der Waals surface area contributed by atoms with Crippen LogP contribution in [0.4, 0.5) is 5.82 Å². The smallest absolute Gasteiger partial charge is 0.134 e. The summed E-state index contributed by atoms with van der Waals surface area (Å²) >= 11 is 5.66. The van der Waals surface area contributed by atoms with E-state index in [-0.39, 0.29) is 6.61 Å². The molecule has 0 aliphatic rings. The van der Waals surface area contributed by atoms with Crippen molar-refractivity contribution in [3.63, 3.8) is 0 Å². The second kappa shape index (κ2) is 3.89. The molecule has 0 spiro atoms. The van der Waals surface area contributed by atoms with Gasteiger partial charge in [-0.1, -0.05) is 11.6 Å². The third-order valence-electron chi connectivity index (χ3n) is 1.50. The Bertz CT molecular complexity index is 290. The molecule has 1 aromatic heterocycles. The van der Waals surface area contributed by atoms with Gasteiger partial charge < -0.3 is 10.4 Å². The maximum absolute atomic E-state index is 8.99. The topological polar surface area (TPSA) is 58.0 Å². The molecular formula is C8H12ClN3O. The van der Waals surface area contributed by atoms with Gasteiger partial charge >= 0.3 is 0 Å². The number of anilines is 1. The molecule has 72 valence electrons. The molecule has 1 heterocycles. The minimum absolute atomic E-state index is 0.0224. The van der Waals surface area contributed by atoms with Crippen LogP contribution in [-0.2, 0) is 0 Å². The van der Waals surface area contributed by atoms with Gasteiger partial charge in [-0.3, -0.25) is 0 Å². The van der Waals surface area contributed by atoms with E-state index in [9.17, 15) is 0 Å². The zero-order chi connectivity index (χ0) is 9.90. The standard InChI is InChI=1S/C8H12ClN3O/c1-8(2,4-13)12-7-3-6(9)10-5-11-7/h3,5,13H,4H2,1-2H3,(H,10,11,12). The number of aliphatic hydroxyl groups excluding tert-OH is 1. The van der Waals surface area contributed by atoms with Crippen molar-refractivity contribution in [3.05, 3.63) is 17.5 Å². The lowest BCUT2D eigenvalue weighted by molar-refractivity contribution is 0.234. The Balaban J connectivity index is 2.74. The molecule has 1 rings (SSSR count). The average Bonchev–Trinajstić information content (AvgIpc) is 2.03. The highest BCUT2D eigenvalue weighted by molar-refractivity contribution is 6.29. The number of rotatable bonds is 3. The summed E-state index contributed by atoms with van der Waals surface area (Å²) < 4.78 is 0. The Kier molecular flexibility index (Phi) is 3.06. The summed E-state index contributed by atoms with van der Waals surface area (Å²) in [6, 6.07) is 1.61. The van der Waals surface area contributed by atoms with Gasteiger partial charge in [0.05, 0.1) is 12.1 Å². The number of nitrogens with zero attached hydrogens (tertiary/aromatic N) is 2. The van der Waals surface area contributed by atoms with Gasteiger partial charge in [-0.05, 0) is 13.8 Å². The van der Waals surface area contributed by atoms with Crippen LogP contribution in [0.2, 0.25) is 5.15 Å². The van der Waals surface area contributed by atoms with Gasteiger partial charge in [0.2, 0.25) is 0 Å². The Morgan fingerprint density at radius 1 is 1.54 bits per heavy atom. The molecule has 0 aliphatic carbocycles. The first-order valence-electron chi connectivity index (χ1n) is 3.90. The lowest BCUT2D eigenvalue weighted by Crippen LogP contribution is -2.35. The molecule has 1 aromatic rings. The monoisotopic (exact) mass is 201 g/mol. The third-order valence-corrected chi connectivity index (χ3v) is 1.70. The van der Waals surface area contributed by atoms with Crippen molar-refractivity contribution in [3.8, 4) is 0 Å². The van der Waals surface area contributed by atoms with E-state index < -0.39 is 5.54 Å². The van der Waals surface area contributed by atoms with Crippen LogP contribution in [0.3, 0.4) is 0 Å². The number of hydrogen-bond acceptors (Lipinski definition) is 4. The molecule has 0 unspecified atom stereocenters. The van der Waals surface area contributed by atoms with Crippen LogP contribution in [-0.4, -0.2) is 27.2 Å². The fraction of sp³-hybridized carbons (Fsp3) is 0.500. The molecular weight excluding hydrogens is 190 g/mol. The number of nitrogens with one attached hydrogen (secondary N) is 1. The van der Waals surface area contributed by atoms with Crippen LogP contribution in [0.1, 0.15) is 13.8 Å². The maximum Gasteiger partial charge on any atom is 0.134 e. The van der Waals surface area contributed by atoms with Crippen molar-refractivity contribution < 1.29 is 5.11 Å². The largest absolute Gasteiger partial charge is 0.394 e. The van der Waals surface area contributed by atoms with Crippen molar-refractivity contribution >= 4 is 17.4 Å². The van der Waals surface area contributed by atoms with E-state index in [4.69, 9.17) is 16.7 Å². The molecule has 2 N–H and O–H groups in total. The third kappa shape index (κ3) is 3.16. The summed E-state index contributed by atoms with van der Waals surface area (Å²) in [7, 11) is 0. The number of halogens is 1. The zero-order valence-corrected chi connectivity index (χ0v) is 8.34. The predicted molar refractivity (Wildman–Crippen MR) is 51.8 cm³/mol. The van der Waals surface area contributed by atoms with E-state index in [1.165, 1.54) is 6.33 Å². The molecule has 4 nitrogen and oxygen atoms in total. The average molecular weight is 202 g/mol. The molecule has 0 amide bonds. The van der Waals surface area contributed by atoms with E-state index in [1.54, 1.807) is 6.07 Å². The fourth-order valence-electron chi connectivity index (χ4n) is 0.788. The molecule has 13 heavy (non-hydrogen) atoms. The van der Waals surface area contributed by atoms with Crippen LogP contribution in [0.5, 0.6) is 0 Å². The normalized spacial score (nSPS) is 11.4. The summed E-state index contributed by atoms with van der Waals surface area (Å²) in [6.07, 6.45) is 1.37. The number of hydrogen-bond donors (Lipinski definition) is 2. The zero-order valence-electron chi connectivity index (χ0n) is 7.58. The predicted octanol–water partition coefficient (Wildman–Crippen LogP) is 1.31. The van der Waals surface area contributed by atoms with E-state index in [0.29, 0.717) is 11.0 Å². The van der Waals surface area contributed by atoms with Gasteiger partial charge in [0.25, 0.3) is 0 Å². The van der Waals surface area contributed by atoms with Crippen LogP contribution < -0.4 is 5.32 Å². The SMILES string of the molecule is CC(C)(CO)Nc1cc(Cl)ncn1. The van der Waals surface area contributed by atoms with Crippen molar-refractivity contribution in [2.45, 2.75) is 19.4 Å². The van der Waals surface area contributed by atoms with Crippen molar-refractivity contribution in [1.29, 1.82) is 0 Å². The van der Waals surface area contributed by atoms with Crippen LogP contribution in [0.15, 0.2) is 12.4 Å². The van der Waals surface area contributed by atoms with E-state index >= 15 is 0 Å². The van der Waals surface area contributed by atoms with Gasteiger partial charge in [-0.25, -0.2) is 9.97 Å². The second-order valence-electron chi connectivity index (χ2n) is 3.39. The van der Waals surface area contributed by atoms with Crippen molar-refractivity contribution in [2.24, 2.45) is 0 Å². The Morgan fingerprint density at radius 3 is 2.77 bits per heavy atom. The van der Waals surface area contributed by atoms with Gasteiger partial charge in [-0.2, -0.15) is 0 Å². The minimum Gasteiger partial charge on any atom is -0.394 e. The van der Waals surface area contributed by atoms with Gasteiger partial charge in [0.1, 0.15) is 17.3 Å². The summed E-state index contributed by atoms with van der Waals surface area (Å²) in [5.74, 6) is 0.610. The maximum atomic E-state index is 8.99. The number of aliphatic hydroxyl groups is 1. The molecule has 0 saturated carbocycles. The van der Waals surface area contributed by atoms with Gasteiger partial charge in [0, 0.05) is 6.07 Å². The molecule has 0 fully saturated rings. The molecule has 0 aliphatic heterocycles. The quantitative estimate of drug-likeness (QED) is 0.725. The highest BCUT2D eigenvalue weighted by Gasteiger charge is 2.16. The summed E-state index contributed by atoms with van der Waals surface area (Å²) in [4.78, 5) is 7.70. The first-order valence-corrected chi connectivity index (χ1v) is 4.28. The summed E-state index contributed by atoms with van der Waals surface area (Å²) in [5, 5.41) is 12.4. The molecule has 0 saturated heterocycles. The Hall–Kier alpha value is -0.870. The molecule has 5 heteroatoms. The highest BCUT2D eigenvalue weighted by atomic mass is 35.5. The second-order valence-corrected chi connectivity index (χ2v) is 3.78. The van der Waals surface area contributed by atoms with E-state index in [1.807, 2.05) is 13.8 Å². The minimum atomic E-state index is -0.405. The van der Waals surface area contributed by atoms with Crippen LogP contribution in [0, 0.1) is 0 Å². The first-order chi connectivity index (χ1) is 6.03. The van der Waals surface area contributed by atoms with Crippen LogP contribution in [0.25, 0.3) is 0 Å². The first kappa shape index (κ1) is 10.2. The lowest BCUT2D eigenvalue weighted by Gasteiger charge is -2.23. The molecule has 0 atom stereocenters. The molecule has 0 aromatic carbocycles. The lowest BCUT2D eigenvalue weighted by atomic mass is 10.1. The summed E-state index contributed by atoms with van der Waals surface area (Å²) in [5.41, 5.74) is -0.405. The molecule has 0 radical (unpaired) electrons. The van der Waals surface area contributed by atoms with Crippen molar-refractivity contribution in [2.75, 3.05) is 11.9 Å². The summed E-state index contributed by atoms with van der Waals surface area (Å²) in [6.45, 7) is 3.75. The number of aromatic nitrogens is 2. The van der Waals surface area contributed by atoms with E-state index in [0.717, 1.165) is 0 Å². The van der Waals surface area contributed by atoms with Gasteiger partial charge in [-0.15, -0.1) is 0 Å². The highest BCUT2D eigenvalue weighted by Crippen LogP contribution is 2.14.